The van der Waals surface area contributed by atoms with E-state index >= 15 is 0 Å². The van der Waals surface area contributed by atoms with E-state index in [0.29, 0.717) is 23.4 Å². The maximum absolute atomic E-state index is 12.8. The molecule has 142 valence electrons. The molecular weight excluding hydrogens is 362 g/mol. The molecule has 27 heavy (non-hydrogen) atoms. The number of likely N-dealkylation sites (tertiary alicyclic amines) is 1. The van der Waals surface area contributed by atoms with E-state index in [1.165, 1.54) is 12.7 Å². The number of fused-ring (bicyclic) bond motifs is 1. The van der Waals surface area contributed by atoms with E-state index in [-0.39, 0.29) is 12.5 Å². The molecule has 6 nitrogen and oxygen atoms in total. The minimum Gasteiger partial charge on any atom is -0.484 e. The van der Waals surface area contributed by atoms with Crippen molar-refractivity contribution in [2.24, 2.45) is 0 Å². The number of piperidine rings is 1. The first-order valence-corrected chi connectivity index (χ1v) is 10.2. The highest BCUT2D eigenvalue weighted by Gasteiger charge is 2.28. The van der Waals surface area contributed by atoms with Crippen LogP contribution in [0.2, 0.25) is 0 Å². The van der Waals surface area contributed by atoms with E-state index in [9.17, 15) is 4.79 Å². The average Bonchev–Trinajstić information content (AvgIpc) is 3.31. The van der Waals surface area contributed by atoms with Crippen molar-refractivity contribution < 1.29 is 13.9 Å². The fraction of sp³-hybridized carbons (Fsp3) is 0.450. The lowest BCUT2D eigenvalue weighted by molar-refractivity contribution is 0.0602. The molecule has 1 amide bonds. The predicted molar refractivity (Wildman–Crippen MR) is 104 cm³/mol. The van der Waals surface area contributed by atoms with Crippen molar-refractivity contribution in [3.8, 4) is 5.75 Å². The molecule has 1 saturated heterocycles. The quantitative estimate of drug-likeness (QED) is 0.643. The lowest BCUT2D eigenvalue weighted by Crippen LogP contribution is -2.43. The van der Waals surface area contributed by atoms with Crippen LogP contribution in [0.1, 0.15) is 54.0 Å². The van der Waals surface area contributed by atoms with Gasteiger partial charge >= 0.3 is 0 Å². The number of hydrogen-bond donors (Lipinski definition) is 0. The second-order valence-electron chi connectivity index (χ2n) is 6.83. The highest BCUT2D eigenvalue weighted by Crippen LogP contribution is 2.26. The van der Waals surface area contributed by atoms with Crippen LogP contribution >= 0.6 is 11.3 Å². The third-order valence-corrected chi connectivity index (χ3v) is 5.91. The molecule has 0 saturated carbocycles. The van der Waals surface area contributed by atoms with Crippen molar-refractivity contribution in [3.63, 3.8) is 0 Å². The lowest BCUT2D eigenvalue weighted by atomic mass is 10.00. The van der Waals surface area contributed by atoms with Gasteiger partial charge in [-0.15, -0.1) is 11.3 Å². The summed E-state index contributed by atoms with van der Waals surface area (Å²) in [6.45, 7) is 5.09. The summed E-state index contributed by atoms with van der Waals surface area (Å²) in [7, 11) is 0. The van der Waals surface area contributed by atoms with Crippen molar-refractivity contribution in [2.45, 2.75) is 52.2 Å². The van der Waals surface area contributed by atoms with Crippen LogP contribution < -0.4 is 4.74 Å². The smallest absolute Gasteiger partial charge is 0.276 e. The molecule has 2 aromatic heterocycles. The fourth-order valence-corrected chi connectivity index (χ4v) is 4.38. The number of rotatable bonds is 5. The molecule has 0 aliphatic carbocycles. The molecule has 0 radical (unpaired) electrons. The summed E-state index contributed by atoms with van der Waals surface area (Å²) >= 11 is 1.66. The highest BCUT2D eigenvalue weighted by molar-refractivity contribution is 7.18. The highest BCUT2D eigenvalue weighted by atomic mass is 32.1. The summed E-state index contributed by atoms with van der Waals surface area (Å²) in [5, 5.41) is 1.03. The normalized spacial score (nSPS) is 17.4. The van der Waals surface area contributed by atoms with E-state index < -0.39 is 0 Å². The Morgan fingerprint density at radius 2 is 2.26 bits per heavy atom. The molecule has 0 N–H and O–H groups in total. The molecular formula is C20H23N3O3S. The Morgan fingerprint density at radius 3 is 3.11 bits per heavy atom. The first kappa shape index (κ1) is 18.0. The van der Waals surface area contributed by atoms with Gasteiger partial charge in [0.2, 0.25) is 5.89 Å². The molecule has 1 aromatic carbocycles. The largest absolute Gasteiger partial charge is 0.484 e. The number of aromatic nitrogens is 2. The predicted octanol–water partition coefficient (Wildman–Crippen LogP) is 4.58. The Morgan fingerprint density at radius 1 is 1.37 bits per heavy atom. The fourth-order valence-electron chi connectivity index (χ4n) is 3.57. The van der Waals surface area contributed by atoms with Crippen LogP contribution in [0.3, 0.4) is 0 Å². The molecule has 7 heteroatoms. The molecule has 0 unspecified atom stereocenters. The topological polar surface area (TPSA) is 68.5 Å². The molecule has 3 aromatic rings. The van der Waals surface area contributed by atoms with Gasteiger partial charge in [-0.2, -0.15) is 0 Å². The first-order chi connectivity index (χ1) is 13.1. The monoisotopic (exact) mass is 385 g/mol. The van der Waals surface area contributed by atoms with Crippen LogP contribution in [0, 0.1) is 6.92 Å². The number of oxazole rings is 1. The summed E-state index contributed by atoms with van der Waals surface area (Å²) in [6, 6.07) is 6.12. The Hall–Kier alpha value is -2.41. The average molecular weight is 385 g/mol. The summed E-state index contributed by atoms with van der Waals surface area (Å²) in [6.07, 6.45) is 5.71. The third kappa shape index (κ3) is 3.83. The zero-order valence-electron chi connectivity index (χ0n) is 15.6. The molecule has 1 aliphatic rings. The van der Waals surface area contributed by atoms with E-state index in [2.05, 4.69) is 16.9 Å². The van der Waals surface area contributed by atoms with Crippen LogP contribution in [-0.2, 0) is 6.61 Å². The summed E-state index contributed by atoms with van der Waals surface area (Å²) < 4.78 is 12.4. The second-order valence-corrected chi connectivity index (χ2v) is 8.07. The number of hydrogen-bond acceptors (Lipinski definition) is 6. The van der Waals surface area contributed by atoms with Gasteiger partial charge in [-0.1, -0.05) is 6.92 Å². The number of benzene rings is 1. The second kappa shape index (κ2) is 7.68. The SMILES string of the molecule is CC[C@H]1CCCCN1C(=O)c1coc(COc2ccc3sc(C)nc3c2)n1. The van der Waals surface area contributed by atoms with E-state index in [1.807, 2.05) is 30.0 Å². The maximum Gasteiger partial charge on any atom is 0.276 e. The zero-order chi connectivity index (χ0) is 18.8. The lowest BCUT2D eigenvalue weighted by Gasteiger charge is -2.34. The number of thiazole rings is 1. The van der Waals surface area contributed by atoms with Gasteiger partial charge in [0.1, 0.15) is 12.0 Å². The maximum atomic E-state index is 12.8. The van der Waals surface area contributed by atoms with Gasteiger partial charge in [0.05, 0.1) is 15.2 Å². The minimum absolute atomic E-state index is 0.0454. The minimum atomic E-state index is -0.0454. The summed E-state index contributed by atoms with van der Waals surface area (Å²) in [5.74, 6) is 1.06. The van der Waals surface area contributed by atoms with Gasteiger partial charge in [0.15, 0.2) is 12.3 Å². The number of aryl methyl sites for hydroxylation is 1. The Kier molecular flexibility index (Phi) is 5.11. The third-order valence-electron chi connectivity index (χ3n) is 4.96. The Labute approximate surface area is 162 Å². The van der Waals surface area contributed by atoms with Crippen molar-refractivity contribution in [2.75, 3.05) is 6.54 Å². The number of carbonyl (C=O) groups excluding carboxylic acids is 1. The summed E-state index contributed by atoms with van der Waals surface area (Å²) in [5.41, 5.74) is 1.29. The Bertz CT molecular complexity index is 949. The van der Waals surface area contributed by atoms with Crippen molar-refractivity contribution in [3.05, 3.63) is 41.1 Å². The van der Waals surface area contributed by atoms with Crippen LogP contribution in [0.4, 0.5) is 0 Å². The van der Waals surface area contributed by atoms with E-state index in [0.717, 1.165) is 41.0 Å². The number of nitrogens with zero attached hydrogens (tertiary/aromatic N) is 3. The zero-order valence-corrected chi connectivity index (χ0v) is 16.4. The standard InChI is InChI=1S/C20H23N3O3S/c1-3-14-6-4-5-9-23(14)20(24)17-11-26-19(22-17)12-25-15-7-8-18-16(10-15)21-13(2)27-18/h7-8,10-11,14H,3-6,9,12H2,1-2H3/t14-/m0/s1. The number of ether oxygens (including phenoxy) is 1. The molecule has 0 spiro atoms. The number of carbonyl (C=O) groups is 1. The molecule has 4 rings (SSSR count). The van der Waals surface area contributed by atoms with Crippen LogP contribution in [-0.4, -0.2) is 33.4 Å². The first-order valence-electron chi connectivity index (χ1n) is 9.39. The number of amides is 1. The van der Waals surface area contributed by atoms with Gasteiger partial charge in [0, 0.05) is 18.7 Å². The molecule has 1 fully saturated rings. The molecule has 1 atom stereocenters. The van der Waals surface area contributed by atoms with Gasteiger partial charge < -0.3 is 14.1 Å². The molecule has 1 aliphatic heterocycles. The van der Waals surface area contributed by atoms with Crippen molar-refractivity contribution in [1.82, 2.24) is 14.9 Å². The van der Waals surface area contributed by atoms with Gasteiger partial charge in [-0.05, 0) is 44.7 Å². The Balaban J connectivity index is 1.41. The summed E-state index contributed by atoms with van der Waals surface area (Å²) in [4.78, 5) is 23.5. The van der Waals surface area contributed by atoms with Gasteiger partial charge in [0.25, 0.3) is 5.91 Å². The van der Waals surface area contributed by atoms with Crippen LogP contribution in [0.5, 0.6) is 5.75 Å². The van der Waals surface area contributed by atoms with Gasteiger partial charge in [-0.25, -0.2) is 9.97 Å². The van der Waals surface area contributed by atoms with E-state index in [4.69, 9.17) is 9.15 Å². The molecule has 3 heterocycles. The van der Waals surface area contributed by atoms with E-state index in [1.54, 1.807) is 11.3 Å². The van der Waals surface area contributed by atoms with Gasteiger partial charge in [-0.3, -0.25) is 4.79 Å². The van der Waals surface area contributed by atoms with Crippen molar-refractivity contribution >= 4 is 27.5 Å². The van der Waals surface area contributed by atoms with Crippen LogP contribution in [0.25, 0.3) is 10.2 Å². The van der Waals surface area contributed by atoms with Crippen molar-refractivity contribution in [1.29, 1.82) is 0 Å². The van der Waals surface area contributed by atoms with Crippen LogP contribution in [0.15, 0.2) is 28.9 Å². The molecule has 0 bridgehead atoms.